The van der Waals surface area contributed by atoms with E-state index in [1.54, 1.807) is 26.0 Å². The standard InChI is InChI=1S/C26H31N2O5PS/c1-4-32-34(30,33-5-2)25(35(31)24-18-16-21(3)17-19-24)20-26(27-28-29,22-12-8-6-9-13-22)23-14-10-7-11-15-23/h6-19,25H,4-5,20H2,1-3H3,(H,27,29). The van der Waals surface area contributed by atoms with E-state index >= 15 is 0 Å². The normalized spacial score (nSPS) is 13.7. The van der Waals surface area contributed by atoms with E-state index < -0.39 is 28.9 Å². The first kappa shape index (κ1) is 27.0. The predicted octanol–water partition coefficient (Wildman–Crippen LogP) is 6.30. The summed E-state index contributed by atoms with van der Waals surface area (Å²) in [5, 5.41) is 3.06. The monoisotopic (exact) mass is 514 g/mol. The van der Waals surface area contributed by atoms with E-state index in [9.17, 15) is 13.7 Å². The molecule has 0 radical (unpaired) electrons. The molecule has 0 saturated heterocycles. The molecule has 0 heterocycles. The van der Waals surface area contributed by atoms with E-state index in [2.05, 4.69) is 10.7 Å². The van der Waals surface area contributed by atoms with Crippen LogP contribution in [-0.4, -0.2) is 22.4 Å². The highest BCUT2D eigenvalue weighted by molar-refractivity contribution is 7.93. The van der Waals surface area contributed by atoms with Gasteiger partial charge in [0, 0.05) is 11.3 Å². The minimum Gasteiger partial charge on any atom is -0.308 e. The molecule has 0 aliphatic heterocycles. The first-order chi connectivity index (χ1) is 16.9. The van der Waals surface area contributed by atoms with Crippen molar-refractivity contribution in [1.29, 1.82) is 0 Å². The molecule has 186 valence electrons. The van der Waals surface area contributed by atoms with E-state index in [1.807, 2.05) is 79.7 Å². The van der Waals surface area contributed by atoms with Gasteiger partial charge in [-0.1, -0.05) is 78.4 Å². The van der Waals surface area contributed by atoms with Crippen LogP contribution in [0.4, 0.5) is 0 Å². The smallest absolute Gasteiger partial charge is 0.308 e. The number of nitroso groups, excluding NO2 is 1. The summed E-state index contributed by atoms with van der Waals surface area (Å²) < 4.78 is 39.6. The Bertz CT molecular complexity index is 1110. The molecule has 0 bridgehead atoms. The average molecular weight is 515 g/mol. The molecule has 3 rings (SSSR count). The molecule has 7 nitrogen and oxygen atoms in total. The lowest BCUT2D eigenvalue weighted by Gasteiger charge is -2.37. The Morgan fingerprint density at radius 3 is 1.80 bits per heavy atom. The fraction of sp³-hybridized carbons (Fsp3) is 0.308. The fourth-order valence-electron chi connectivity index (χ4n) is 4.06. The van der Waals surface area contributed by atoms with Gasteiger partial charge >= 0.3 is 7.60 Å². The van der Waals surface area contributed by atoms with E-state index in [-0.39, 0.29) is 19.6 Å². The van der Waals surface area contributed by atoms with Crippen molar-refractivity contribution in [2.75, 3.05) is 13.2 Å². The van der Waals surface area contributed by atoms with E-state index in [0.717, 1.165) is 5.56 Å². The van der Waals surface area contributed by atoms with Gasteiger partial charge < -0.3 is 9.05 Å². The second kappa shape index (κ2) is 12.4. The first-order valence-corrected chi connectivity index (χ1v) is 14.3. The summed E-state index contributed by atoms with van der Waals surface area (Å²) in [6.07, 6.45) is -0.0372. The van der Waals surface area contributed by atoms with Gasteiger partial charge in [-0.25, -0.2) is 0 Å². The van der Waals surface area contributed by atoms with Crippen LogP contribution in [0.2, 0.25) is 0 Å². The molecule has 0 saturated carbocycles. The number of hydrogen-bond donors (Lipinski definition) is 1. The molecule has 0 aromatic heterocycles. The van der Waals surface area contributed by atoms with Crippen LogP contribution in [0.25, 0.3) is 0 Å². The Labute approximate surface area is 209 Å². The molecule has 1 N–H and O–H groups in total. The number of nitrogens with one attached hydrogen (secondary N) is 1. The predicted molar refractivity (Wildman–Crippen MR) is 139 cm³/mol. The van der Waals surface area contributed by atoms with Gasteiger partial charge in [0.05, 0.1) is 29.3 Å². The van der Waals surface area contributed by atoms with Crippen molar-refractivity contribution in [2.45, 2.75) is 42.6 Å². The van der Waals surface area contributed by atoms with E-state index in [1.165, 1.54) is 0 Å². The minimum absolute atomic E-state index is 0.0372. The van der Waals surface area contributed by atoms with Gasteiger partial charge in [-0.2, -0.15) is 0 Å². The average Bonchev–Trinajstić information content (AvgIpc) is 2.88. The molecule has 35 heavy (non-hydrogen) atoms. The number of hydrogen-bond acceptors (Lipinski definition) is 6. The van der Waals surface area contributed by atoms with Crippen molar-refractivity contribution in [2.24, 2.45) is 5.29 Å². The molecule has 2 unspecified atom stereocenters. The third-order valence-corrected chi connectivity index (χ3v) is 10.6. The summed E-state index contributed by atoms with van der Waals surface area (Å²) in [6, 6.07) is 25.7. The second-order valence-corrected chi connectivity index (χ2v) is 12.2. The third kappa shape index (κ3) is 6.14. The van der Waals surface area contributed by atoms with Gasteiger partial charge in [-0.05, 0) is 44.0 Å². The summed E-state index contributed by atoms with van der Waals surface area (Å²) in [7, 11) is -5.70. The molecular formula is C26H31N2O5PS. The minimum atomic E-state index is -3.91. The SMILES string of the molecule is CCOP(=O)(OCC)C(CC(NN=O)(c1ccccc1)c1ccccc1)S(=O)c1ccc(C)cc1. The lowest BCUT2D eigenvalue weighted by molar-refractivity contribution is 0.213. The molecule has 3 aromatic carbocycles. The van der Waals surface area contributed by atoms with E-state index in [4.69, 9.17) is 9.05 Å². The van der Waals surface area contributed by atoms with Crippen LogP contribution >= 0.6 is 7.60 Å². The summed E-state index contributed by atoms with van der Waals surface area (Å²) in [5.74, 6) is 0. The quantitative estimate of drug-likeness (QED) is 0.163. The van der Waals surface area contributed by atoms with Crippen LogP contribution in [0.15, 0.2) is 95.1 Å². The van der Waals surface area contributed by atoms with Gasteiger partial charge in [0.1, 0.15) is 10.5 Å². The molecule has 9 heteroatoms. The van der Waals surface area contributed by atoms with Crippen LogP contribution in [0.1, 0.15) is 37.0 Å². The summed E-state index contributed by atoms with van der Waals surface area (Å²) in [5.41, 5.74) is 3.92. The zero-order chi connectivity index (χ0) is 25.3. The largest absolute Gasteiger partial charge is 0.346 e. The second-order valence-electron chi connectivity index (χ2n) is 7.99. The highest BCUT2D eigenvalue weighted by atomic mass is 32.2. The third-order valence-electron chi connectivity index (χ3n) is 5.72. The van der Waals surface area contributed by atoms with E-state index in [0.29, 0.717) is 16.0 Å². The Balaban J connectivity index is 2.24. The molecule has 0 spiro atoms. The Morgan fingerprint density at radius 1 is 0.886 bits per heavy atom. The zero-order valence-electron chi connectivity index (χ0n) is 20.1. The Hall–Kier alpha value is -2.64. The maximum atomic E-state index is 14.2. The molecule has 2 atom stereocenters. The van der Waals surface area contributed by atoms with Crippen LogP contribution < -0.4 is 5.43 Å². The molecule has 3 aromatic rings. The van der Waals surface area contributed by atoms with Crippen molar-refractivity contribution in [3.63, 3.8) is 0 Å². The van der Waals surface area contributed by atoms with Crippen molar-refractivity contribution in [3.8, 4) is 0 Å². The van der Waals surface area contributed by atoms with Crippen molar-refractivity contribution in [1.82, 2.24) is 5.43 Å². The van der Waals surface area contributed by atoms with Crippen LogP contribution in [-0.2, 0) is 30.0 Å². The van der Waals surface area contributed by atoms with Crippen molar-refractivity contribution < 1.29 is 17.8 Å². The molecule has 0 fully saturated rings. The van der Waals surface area contributed by atoms with Crippen molar-refractivity contribution in [3.05, 3.63) is 107 Å². The molecular weight excluding hydrogens is 483 g/mol. The molecule has 0 aliphatic rings. The van der Waals surface area contributed by atoms with Crippen LogP contribution in [0.3, 0.4) is 0 Å². The zero-order valence-corrected chi connectivity index (χ0v) is 21.8. The van der Waals surface area contributed by atoms with Gasteiger partial charge in [0.15, 0.2) is 0 Å². The lowest BCUT2D eigenvalue weighted by atomic mass is 9.81. The first-order valence-electron chi connectivity index (χ1n) is 11.5. The summed E-state index contributed by atoms with van der Waals surface area (Å²) in [4.78, 5) is 11.2. The highest BCUT2D eigenvalue weighted by Gasteiger charge is 2.48. The van der Waals surface area contributed by atoms with Gasteiger partial charge in [0.2, 0.25) is 0 Å². The maximum Gasteiger partial charge on any atom is 0.346 e. The van der Waals surface area contributed by atoms with Gasteiger partial charge in [0.25, 0.3) is 0 Å². The van der Waals surface area contributed by atoms with Crippen molar-refractivity contribution >= 4 is 18.4 Å². The highest BCUT2D eigenvalue weighted by Crippen LogP contribution is 2.58. The Kier molecular flexibility index (Phi) is 9.52. The number of benzene rings is 3. The molecule has 0 aliphatic carbocycles. The molecule has 0 amide bonds. The van der Waals surface area contributed by atoms with Gasteiger partial charge in [-0.15, -0.1) is 4.91 Å². The van der Waals surface area contributed by atoms with Crippen LogP contribution in [0, 0.1) is 11.8 Å². The maximum absolute atomic E-state index is 14.2. The number of aryl methyl sites for hydroxylation is 1. The summed E-state index contributed by atoms with van der Waals surface area (Å²) in [6.45, 7) is 5.59. The fourth-order valence-corrected chi connectivity index (χ4v) is 8.47. The number of nitrogens with zero attached hydrogens (tertiary/aromatic N) is 1. The summed E-state index contributed by atoms with van der Waals surface area (Å²) >= 11 is 0. The Morgan fingerprint density at radius 2 is 1.37 bits per heavy atom. The van der Waals surface area contributed by atoms with Crippen LogP contribution in [0.5, 0.6) is 0 Å². The topological polar surface area (TPSA) is 94.1 Å². The lowest BCUT2D eigenvalue weighted by Crippen LogP contribution is -2.44. The number of rotatable bonds is 13. The van der Waals surface area contributed by atoms with Gasteiger partial charge in [-0.3, -0.25) is 14.2 Å².